The Morgan fingerprint density at radius 2 is 0.640 bits per heavy atom. The van der Waals surface area contributed by atoms with Crippen LogP contribution in [0, 0.1) is 0 Å². The van der Waals surface area contributed by atoms with E-state index in [1.165, 1.54) is 212 Å². The second-order valence-corrected chi connectivity index (χ2v) is 26.2. The Kier molecular flexibility index (Phi) is 67.1. The van der Waals surface area contributed by atoms with Gasteiger partial charge < -0.3 is 33.3 Å². The lowest BCUT2D eigenvalue weighted by Gasteiger charge is -2.26. The zero-order valence-electron chi connectivity index (χ0n) is 58.8. The highest BCUT2D eigenvalue weighted by atomic mass is 16.7. The number of rotatable bonds is 69. The van der Waals surface area contributed by atoms with Crippen LogP contribution in [0.1, 0.15) is 335 Å². The molecule has 0 aliphatic rings. The van der Waals surface area contributed by atoms with Crippen LogP contribution in [0.2, 0.25) is 0 Å². The molecular formula is C80H141NO8. The quantitative estimate of drug-likeness (QED) is 0.0195. The van der Waals surface area contributed by atoms with Crippen molar-refractivity contribution in [2.75, 3.05) is 47.5 Å². The number of aliphatic carboxylic acids is 1. The number of unbranched alkanes of at least 4 members (excludes halogenated alkanes) is 38. The first-order chi connectivity index (χ1) is 43.6. The van der Waals surface area contributed by atoms with E-state index in [-0.39, 0.29) is 38.6 Å². The number of carboxylic acids is 1. The average molecular weight is 1250 g/mol. The highest BCUT2D eigenvalue weighted by molar-refractivity contribution is 5.70. The summed E-state index contributed by atoms with van der Waals surface area (Å²) >= 11 is 0. The summed E-state index contributed by atoms with van der Waals surface area (Å²) < 4.78 is 22.8. The molecule has 0 bridgehead atoms. The first-order valence-electron chi connectivity index (χ1n) is 37.4. The molecule has 0 aromatic carbocycles. The lowest BCUT2D eigenvalue weighted by molar-refractivity contribution is -0.870. The molecule has 89 heavy (non-hydrogen) atoms. The lowest BCUT2D eigenvalue weighted by atomic mass is 10.0. The molecule has 0 saturated heterocycles. The number of hydrogen-bond acceptors (Lipinski definition) is 8. The zero-order valence-corrected chi connectivity index (χ0v) is 58.8. The Bertz CT molecular complexity index is 1790. The molecule has 2 atom stereocenters. The summed E-state index contributed by atoms with van der Waals surface area (Å²) in [6.07, 6.45) is 93.7. The van der Waals surface area contributed by atoms with E-state index in [4.69, 9.17) is 18.9 Å². The Hall–Kier alpha value is -3.79. The minimum Gasteiger partial charge on any atom is -0.545 e. The Balaban J connectivity index is 4.08. The topological polar surface area (TPSA) is 111 Å². The third-order valence-electron chi connectivity index (χ3n) is 16.3. The van der Waals surface area contributed by atoms with E-state index in [0.29, 0.717) is 17.4 Å². The molecule has 0 aromatic rings. The number of likely N-dealkylation sites (N-methyl/N-ethyl adjacent to an activating group) is 1. The van der Waals surface area contributed by atoms with Crippen molar-refractivity contribution < 1.29 is 42.9 Å². The summed E-state index contributed by atoms with van der Waals surface area (Å²) in [7, 11) is 5.93. The Labute approximate surface area is 550 Å². The second kappa shape index (κ2) is 70.1. The van der Waals surface area contributed by atoms with E-state index >= 15 is 0 Å². The molecule has 0 fully saturated rings. The smallest absolute Gasteiger partial charge is 0.306 e. The highest BCUT2D eigenvalue weighted by Crippen LogP contribution is 2.18. The van der Waals surface area contributed by atoms with Gasteiger partial charge >= 0.3 is 11.9 Å². The molecule has 9 nitrogen and oxygen atoms in total. The van der Waals surface area contributed by atoms with Gasteiger partial charge in [0.05, 0.1) is 40.3 Å². The van der Waals surface area contributed by atoms with Crippen molar-refractivity contribution in [1.82, 2.24) is 0 Å². The van der Waals surface area contributed by atoms with Crippen LogP contribution in [0.15, 0.2) is 97.2 Å². The monoisotopic (exact) mass is 1240 g/mol. The van der Waals surface area contributed by atoms with E-state index in [9.17, 15) is 19.5 Å². The molecule has 514 valence electrons. The summed E-state index contributed by atoms with van der Waals surface area (Å²) in [5, 5.41) is 11.8. The van der Waals surface area contributed by atoms with Crippen LogP contribution < -0.4 is 5.11 Å². The SMILES string of the molecule is CC/C=C\C/C=C\C/C=C\C/C=C\C/C=C\C/C=C\C/C=C\CCCCCCCCCC(=O)OC(COC(=O)CCCCCCCCCCCCCCCCCCCCCCCCC/C=C\CCCCCCCCCC)COC(OCC[N+](C)(C)C)C(=O)[O-]. The van der Waals surface area contributed by atoms with Crippen molar-refractivity contribution in [1.29, 1.82) is 0 Å². The third kappa shape index (κ3) is 71.5. The van der Waals surface area contributed by atoms with Gasteiger partial charge in [0.25, 0.3) is 0 Å². The first-order valence-corrected chi connectivity index (χ1v) is 37.4. The van der Waals surface area contributed by atoms with Gasteiger partial charge in [-0.1, -0.05) is 323 Å². The van der Waals surface area contributed by atoms with Crippen LogP contribution in [-0.2, 0) is 33.3 Å². The Morgan fingerprint density at radius 3 is 0.966 bits per heavy atom. The van der Waals surface area contributed by atoms with Crippen LogP contribution in [0.5, 0.6) is 0 Å². The predicted molar refractivity (Wildman–Crippen MR) is 380 cm³/mol. The molecule has 0 heterocycles. The molecule has 0 spiro atoms. The van der Waals surface area contributed by atoms with Gasteiger partial charge in [0.15, 0.2) is 12.4 Å². The fraction of sp³-hybridized carbons (Fsp3) is 0.762. The van der Waals surface area contributed by atoms with Crippen LogP contribution in [-0.4, -0.2) is 82.3 Å². The normalized spacial score (nSPS) is 13.2. The molecule has 2 unspecified atom stereocenters. The minimum absolute atomic E-state index is 0.142. The number of quaternary nitrogens is 1. The summed E-state index contributed by atoms with van der Waals surface area (Å²) in [5.41, 5.74) is 0. The maximum atomic E-state index is 12.9. The van der Waals surface area contributed by atoms with E-state index in [0.717, 1.165) is 89.9 Å². The minimum atomic E-state index is -1.63. The van der Waals surface area contributed by atoms with E-state index in [2.05, 4.69) is 111 Å². The van der Waals surface area contributed by atoms with Crippen molar-refractivity contribution in [3.05, 3.63) is 97.2 Å². The van der Waals surface area contributed by atoms with Gasteiger partial charge in [0, 0.05) is 12.8 Å². The van der Waals surface area contributed by atoms with Gasteiger partial charge in [0.1, 0.15) is 13.2 Å². The van der Waals surface area contributed by atoms with Gasteiger partial charge in [-0.3, -0.25) is 9.59 Å². The summed E-state index contributed by atoms with van der Waals surface area (Å²) in [5.74, 6) is -2.29. The number of carboxylic acid groups (broad SMARTS) is 1. The average Bonchev–Trinajstić information content (AvgIpc) is 3.71. The van der Waals surface area contributed by atoms with Crippen LogP contribution in [0.25, 0.3) is 0 Å². The second-order valence-electron chi connectivity index (χ2n) is 26.2. The standard InChI is InChI=1S/C80H141NO8/c1-6-8-10-12-14-16-18-20-22-24-26-28-30-32-34-36-37-38-39-40-41-43-44-46-48-50-52-54-56-58-60-62-64-66-68-70-77(82)87-74-76(75-88-80(79(84)85)86-73-72-81(3,4)5)89-78(83)71-69-67-65-63-61-59-57-55-53-51-49-47-45-42-35-33-31-29-27-25-23-21-19-17-15-13-11-9-7-2/h9,11,15,17,21,23-24,26-27,29,33,35,45,47,51,53,76,80H,6-8,10,12-14,16,18-20,22,25,28,30-32,34,36-44,46,48-50,52,54-75H2,1-5H3/b11-9-,17-15-,23-21-,26-24-,29-27-,35-33-,47-45-,53-51-. The van der Waals surface area contributed by atoms with Gasteiger partial charge in [0.2, 0.25) is 0 Å². The highest BCUT2D eigenvalue weighted by Gasteiger charge is 2.22. The molecule has 0 aromatic heterocycles. The van der Waals surface area contributed by atoms with Crippen molar-refractivity contribution in [2.24, 2.45) is 0 Å². The molecule has 0 radical (unpaired) electrons. The molecular weight excluding hydrogens is 1100 g/mol. The van der Waals surface area contributed by atoms with Crippen molar-refractivity contribution >= 4 is 17.9 Å². The van der Waals surface area contributed by atoms with Crippen LogP contribution >= 0.6 is 0 Å². The summed E-state index contributed by atoms with van der Waals surface area (Å²) in [4.78, 5) is 37.5. The van der Waals surface area contributed by atoms with Gasteiger partial charge in [-0.2, -0.15) is 0 Å². The van der Waals surface area contributed by atoms with E-state index < -0.39 is 24.3 Å². The molecule has 0 amide bonds. The number of allylic oxidation sites excluding steroid dienone is 16. The Morgan fingerprint density at radius 1 is 0.348 bits per heavy atom. The number of ether oxygens (including phenoxy) is 4. The van der Waals surface area contributed by atoms with Crippen molar-refractivity contribution in [2.45, 2.75) is 347 Å². The van der Waals surface area contributed by atoms with Crippen molar-refractivity contribution in [3.8, 4) is 0 Å². The number of carbonyl (C=O) groups is 3. The summed E-state index contributed by atoms with van der Waals surface area (Å²) in [6, 6.07) is 0. The zero-order chi connectivity index (χ0) is 64.7. The van der Waals surface area contributed by atoms with Gasteiger partial charge in [-0.05, 0) is 96.3 Å². The number of esters is 2. The largest absolute Gasteiger partial charge is 0.545 e. The first kappa shape index (κ1) is 85.2. The molecule has 0 aliphatic carbocycles. The lowest BCUT2D eigenvalue weighted by Crippen LogP contribution is -2.44. The number of nitrogens with zero attached hydrogens (tertiary/aromatic N) is 1. The molecule has 0 saturated carbocycles. The predicted octanol–water partition coefficient (Wildman–Crippen LogP) is 22.3. The third-order valence-corrected chi connectivity index (χ3v) is 16.3. The van der Waals surface area contributed by atoms with Crippen LogP contribution in [0.3, 0.4) is 0 Å². The van der Waals surface area contributed by atoms with Gasteiger partial charge in [-0.15, -0.1) is 0 Å². The number of hydrogen-bond donors (Lipinski definition) is 0. The van der Waals surface area contributed by atoms with E-state index in [1.54, 1.807) is 0 Å². The molecule has 0 N–H and O–H groups in total. The fourth-order valence-electron chi connectivity index (χ4n) is 10.6. The van der Waals surface area contributed by atoms with E-state index in [1.807, 2.05) is 21.1 Å². The van der Waals surface area contributed by atoms with Crippen molar-refractivity contribution in [3.63, 3.8) is 0 Å². The molecule has 0 rings (SSSR count). The maximum Gasteiger partial charge on any atom is 0.306 e. The van der Waals surface area contributed by atoms with Crippen LogP contribution in [0.4, 0.5) is 0 Å². The molecule has 9 heteroatoms. The van der Waals surface area contributed by atoms with Gasteiger partial charge in [-0.25, -0.2) is 0 Å². The summed E-state index contributed by atoms with van der Waals surface area (Å²) in [6.45, 7) is 4.65. The fourth-order valence-corrected chi connectivity index (χ4v) is 10.6. The number of carbonyl (C=O) groups excluding carboxylic acids is 3. The maximum absolute atomic E-state index is 12.9. The molecule has 0 aliphatic heterocycles.